The summed E-state index contributed by atoms with van der Waals surface area (Å²) in [6.07, 6.45) is 1.49. The Morgan fingerprint density at radius 3 is 2.70 bits per heavy atom. The molecule has 0 spiro atoms. The van der Waals surface area contributed by atoms with Gasteiger partial charge in [-0.1, -0.05) is 6.07 Å². The zero-order valence-electron chi connectivity index (χ0n) is 12.4. The molecule has 0 aliphatic heterocycles. The standard InChI is InChI=1S/C15H20N2O2Si/c1-11(18)17-13-5-6-14-12(9-13)7-8-15(14,10-16)19-20(2,3)4/h5-6,9H,7-8H2,1-4H3,(H,17,18)/t15-/m0/s1. The van der Waals surface area contributed by atoms with E-state index in [4.69, 9.17) is 4.43 Å². The monoisotopic (exact) mass is 288 g/mol. The lowest BCUT2D eigenvalue weighted by Gasteiger charge is -2.31. The Morgan fingerprint density at radius 1 is 1.45 bits per heavy atom. The van der Waals surface area contributed by atoms with Gasteiger partial charge in [0.15, 0.2) is 13.9 Å². The van der Waals surface area contributed by atoms with Crippen LogP contribution in [0.2, 0.25) is 19.6 Å². The van der Waals surface area contributed by atoms with Crippen LogP contribution in [0.1, 0.15) is 24.5 Å². The van der Waals surface area contributed by atoms with Crippen LogP contribution in [0.25, 0.3) is 0 Å². The summed E-state index contributed by atoms with van der Waals surface area (Å²) in [5.74, 6) is -0.0900. The Labute approximate surface area is 120 Å². The van der Waals surface area contributed by atoms with Gasteiger partial charge < -0.3 is 9.74 Å². The fourth-order valence-electron chi connectivity index (χ4n) is 2.69. The fourth-order valence-corrected chi connectivity index (χ4v) is 3.99. The molecule has 1 amide bonds. The molecule has 106 valence electrons. The van der Waals surface area contributed by atoms with Crippen molar-refractivity contribution in [3.63, 3.8) is 0 Å². The fraction of sp³-hybridized carbons (Fsp3) is 0.467. The molecule has 0 bridgehead atoms. The van der Waals surface area contributed by atoms with Crippen LogP contribution in [-0.2, 0) is 21.2 Å². The maximum absolute atomic E-state index is 11.1. The summed E-state index contributed by atoms with van der Waals surface area (Å²) in [5.41, 5.74) is 2.01. The molecule has 1 aliphatic carbocycles. The highest BCUT2D eigenvalue weighted by Crippen LogP contribution is 2.42. The predicted molar refractivity (Wildman–Crippen MR) is 80.8 cm³/mol. The summed E-state index contributed by atoms with van der Waals surface area (Å²) in [7, 11) is -1.82. The first-order valence-corrected chi connectivity index (χ1v) is 10.2. The number of benzene rings is 1. The lowest BCUT2D eigenvalue weighted by Crippen LogP contribution is -2.38. The molecular formula is C15H20N2O2Si. The third kappa shape index (κ3) is 2.92. The summed E-state index contributed by atoms with van der Waals surface area (Å²) in [6, 6.07) is 8.08. The van der Waals surface area contributed by atoms with Gasteiger partial charge in [-0.15, -0.1) is 0 Å². The molecule has 0 radical (unpaired) electrons. The molecule has 1 aliphatic rings. The van der Waals surface area contributed by atoms with Crippen molar-refractivity contribution in [2.75, 3.05) is 5.32 Å². The van der Waals surface area contributed by atoms with E-state index in [1.807, 2.05) is 18.2 Å². The lowest BCUT2D eigenvalue weighted by molar-refractivity contribution is -0.114. The highest BCUT2D eigenvalue weighted by atomic mass is 28.4. The van der Waals surface area contributed by atoms with Gasteiger partial charge in [0.1, 0.15) is 6.07 Å². The van der Waals surface area contributed by atoms with Gasteiger partial charge in [-0.25, -0.2) is 0 Å². The molecule has 1 aromatic carbocycles. The van der Waals surface area contributed by atoms with Crippen molar-refractivity contribution in [1.82, 2.24) is 0 Å². The Hall–Kier alpha value is -1.64. The van der Waals surface area contributed by atoms with Gasteiger partial charge in [0.25, 0.3) is 0 Å². The average Bonchev–Trinajstić information content (AvgIpc) is 2.65. The first-order chi connectivity index (χ1) is 9.26. The van der Waals surface area contributed by atoms with Crippen molar-refractivity contribution >= 4 is 19.9 Å². The van der Waals surface area contributed by atoms with Crippen LogP contribution in [0.5, 0.6) is 0 Å². The number of nitrogens with zero attached hydrogens (tertiary/aromatic N) is 1. The first kappa shape index (κ1) is 14.8. The first-order valence-electron chi connectivity index (χ1n) is 6.78. The number of carbonyl (C=O) groups is 1. The van der Waals surface area contributed by atoms with Crippen LogP contribution in [-0.4, -0.2) is 14.2 Å². The largest absolute Gasteiger partial charge is 0.396 e. The van der Waals surface area contributed by atoms with Crippen molar-refractivity contribution in [3.8, 4) is 6.07 Å². The normalized spacial score (nSPS) is 21.1. The Bertz CT molecular complexity index is 587. The lowest BCUT2D eigenvalue weighted by atomic mass is 9.98. The van der Waals surface area contributed by atoms with Crippen LogP contribution in [0.15, 0.2) is 18.2 Å². The predicted octanol–water partition coefficient (Wildman–Crippen LogP) is 3.16. The van der Waals surface area contributed by atoms with E-state index in [0.29, 0.717) is 6.42 Å². The van der Waals surface area contributed by atoms with E-state index in [-0.39, 0.29) is 5.91 Å². The summed E-state index contributed by atoms with van der Waals surface area (Å²) in [4.78, 5) is 11.1. The number of nitrogens with one attached hydrogen (secondary N) is 1. The number of hydrogen-bond donors (Lipinski definition) is 1. The molecule has 1 N–H and O–H groups in total. The second-order valence-electron chi connectivity index (χ2n) is 6.21. The van der Waals surface area contributed by atoms with Crippen LogP contribution >= 0.6 is 0 Å². The molecule has 0 heterocycles. The molecule has 20 heavy (non-hydrogen) atoms. The zero-order chi connectivity index (χ0) is 15.0. The third-order valence-electron chi connectivity index (χ3n) is 3.27. The number of amides is 1. The number of aryl methyl sites for hydroxylation is 1. The van der Waals surface area contributed by atoms with Crippen molar-refractivity contribution in [1.29, 1.82) is 5.26 Å². The van der Waals surface area contributed by atoms with E-state index in [0.717, 1.165) is 23.2 Å². The molecule has 1 aromatic rings. The molecular weight excluding hydrogens is 268 g/mol. The summed E-state index contributed by atoms with van der Waals surface area (Å²) in [5, 5.41) is 12.4. The topological polar surface area (TPSA) is 62.1 Å². The van der Waals surface area contributed by atoms with E-state index in [1.54, 1.807) is 0 Å². The number of carbonyl (C=O) groups excluding carboxylic acids is 1. The van der Waals surface area contributed by atoms with Gasteiger partial charge >= 0.3 is 0 Å². The minimum absolute atomic E-state index is 0.0900. The van der Waals surface area contributed by atoms with Crippen molar-refractivity contribution in [2.45, 2.75) is 45.0 Å². The van der Waals surface area contributed by atoms with E-state index in [9.17, 15) is 10.1 Å². The molecule has 0 aromatic heterocycles. The smallest absolute Gasteiger partial charge is 0.221 e. The maximum atomic E-state index is 11.1. The van der Waals surface area contributed by atoms with Crippen LogP contribution < -0.4 is 5.32 Å². The number of hydrogen-bond acceptors (Lipinski definition) is 3. The van der Waals surface area contributed by atoms with Gasteiger partial charge in [0.05, 0.1) is 0 Å². The molecule has 4 nitrogen and oxygen atoms in total. The van der Waals surface area contributed by atoms with Crippen LogP contribution in [0, 0.1) is 11.3 Å². The average molecular weight is 288 g/mol. The highest BCUT2D eigenvalue weighted by molar-refractivity contribution is 6.69. The third-order valence-corrected chi connectivity index (χ3v) is 4.23. The molecule has 1 atom stereocenters. The van der Waals surface area contributed by atoms with E-state index in [1.165, 1.54) is 6.92 Å². The molecule has 5 heteroatoms. The molecule has 2 rings (SSSR count). The summed E-state index contributed by atoms with van der Waals surface area (Å²) in [6.45, 7) is 7.77. The maximum Gasteiger partial charge on any atom is 0.221 e. The summed E-state index contributed by atoms with van der Waals surface area (Å²) < 4.78 is 6.17. The van der Waals surface area contributed by atoms with Gasteiger partial charge in [-0.05, 0) is 50.2 Å². The molecule has 0 unspecified atom stereocenters. The second-order valence-corrected chi connectivity index (χ2v) is 10.6. The molecule has 0 saturated carbocycles. The molecule has 0 saturated heterocycles. The van der Waals surface area contributed by atoms with Crippen molar-refractivity contribution in [3.05, 3.63) is 29.3 Å². The number of anilines is 1. The number of nitriles is 1. The minimum atomic E-state index is -1.82. The zero-order valence-corrected chi connectivity index (χ0v) is 13.4. The van der Waals surface area contributed by atoms with Crippen LogP contribution in [0.3, 0.4) is 0 Å². The number of rotatable bonds is 3. The second kappa shape index (κ2) is 5.04. The molecule has 0 fully saturated rings. The quantitative estimate of drug-likeness (QED) is 0.869. The van der Waals surface area contributed by atoms with Gasteiger partial charge in [-0.2, -0.15) is 5.26 Å². The summed E-state index contributed by atoms with van der Waals surface area (Å²) >= 11 is 0. The van der Waals surface area contributed by atoms with E-state index >= 15 is 0 Å². The van der Waals surface area contributed by atoms with Gasteiger partial charge in [0, 0.05) is 18.2 Å². The Morgan fingerprint density at radius 2 is 2.15 bits per heavy atom. The highest BCUT2D eigenvalue weighted by Gasteiger charge is 2.43. The van der Waals surface area contributed by atoms with Gasteiger partial charge in [-0.3, -0.25) is 4.79 Å². The van der Waals surface area contributed by atoms with Crippen molar-refractivity contribution < 1.29 is 9.22 Å². The van der Waals surface area contributed by atoms with Gasteiger partial charge in [0.2, 0.25) is 5.91 Å². The number of fused-ring (bicyclic) bond motifs is 1. The van der Waals surface area contributed by atoms with Crippen LogP contribution in [0.4, 0.5) is 5.69 Å². The SMILES string of the molecule is CC(=O)Nc1ccc2c(c1)CC[C@@]2(C#N)O[Si](C)(C)C. The Balaban J connectivity index is 2.37. The van der Waals surface area contributed by atoms with E-state index in [2.05, 4.69) is 31.0 Å². The van der Waals surface area contributed by atoms with Crippen molar-refractivity contribution in [2.24, 2.45) is 0 Å². The Kier molecular flexibility index (Phi) is 3.72. The van der Waals surface area contributed by atoms with E-state index < -0.39 is 13.9 Å². The minimum Gasteiger partial charge on any atom is -0.396 e.